The number of carbonyl (C=O) groups is 2. The van der Waals surface area contributed by atoms with Crippen LogP contribution in [0.25, 0.3) is 16.7 Å². The number of aliphatic hydroxyl groups is 1. The number of carbonyl (C=O) groups excluding carboxylic acids is 2. The van der Waals surface area contributed by atoms with E-state index < -0.39 is 63.5 Å². The van der Waals surface area contributed by atoms with E-state index in [0.717, 1.165) is 16.8 Å². The number of halogens is 4. The molecule has 1 saturated heterocycles. The van der Waals surface area contributed by atoms with Crippen LogP contribution in [-0.2, 0) is 4.74 Å². The summed E-state index contributed by atoms with van der Waals surface area (Å²) in [5.74, 6) is -2.02. The summed E-state index contributed by atoms with van der Waals surface area (Å²) in [4.78, 5) is 44.5. The molecule has 2 aromatic carbocycles. The minimum Gasteiger partial charge on any atom is -0.462 e. The molecule has 5 rings (SSSR count). The molecule has 240 valence electrons. The summed E-state index contributed by atoms with van der Waals surface area (Å²) in [6.45, 7) is 0.0579. The number of ether oxygens (including phenoxy) is 2. The maximum absolute atomic E-state index is 15.4. The van der Waals surface area contributed by atoms with Gasteiger partial charge in [0.2, 0.25) is 5.43 Å². The van der Waals surface area contributed by atoms with Gasteiger partial charge in [0, 0.05) is 44.1 Å². The molecule has 10 nitrogen and oxygen atoms in total. The molecule has 0 aliphatic carbocycles. The fraction of sp³-hybridized carbons (Fsp3) is 0.212. The number of nitrogens with two attached hydrogens (primary N) is 1. The minimum absolute atomic E-state index is 0.000539. The van der Waals surface area contributed by atoms with Crippen LogP contribution < -0.4 is 20.8 Å². The molecule has 3 N–H and O–H groups in total. The Kier molecular flexibility index (Phi) is 9.42. The Labute approximate surface area is 270 Å². The van der Waals surface area contributed by atoms with Crippen molar-refractivity contribution >= 4 is 45.9 Å². The van der Waals surface area contributed by atoms with E-state index in [4.69, 9.17) is 39.7 Å². The summed E-state index contributed by atoms with van der Waals surface area (Å²) >= 11 is 6.58. The number of hydrogen-bond acceptors (Lipinski definition) is 9. The van der Waals surface area contributed by atoms with Gasteiger partial charge >= 0.3 is 11.9 Å². The maximum atomic E-state index is 15.4. The highest BCUT2D eigenvalue weighted by Crippen LogP contribution is 2.38. The van der Waals surface area contributed by atoms with Crippen molar-refractivity contribution < 1.29 is 37.3 Å². The summed E-state index contributed by atoms with van der Waals surface area (Å²) in [6.07, 6.45) is 11.4. The number of nitrogen functional groups attached to an aromatic ring is 1. The topological polar surface area (TPSA) is 137 Å². The first-order chi connectivity index (χ1) is 22.4. The second-order valence-corrected chi connectivity index (χ2v) is 11.0. The number of hydrogen-bond donors (Lipinski definition) is 2. The van der Waals surface area contributed by atoms with Crippen LogP contribution in [0.4, 0.5) is 24.7 Å². The first-order valence-corrected chi connectivity index (χ1v) is 14.3. The Hall–Kier alpha value is -5.50. The fourth-order valence-electron chi connectivity index (χ4n) is 4.91. The highest BCUT2D eigenvalue weighted by atomic mass is 35.5. The van der Waals surface area contributed by atoms with Crippen LogP contribution in [0.2, 0.25) is 5.02 Å². The summed E-state index contributed by atoms with van der Waals surface area (Å²) in [7, 11) is 0. The van der Waals surface area contributed by atoms with Gasteiger partial charge in [-0.05, 0) is 30.3 Å². The molecular formula is C33H24ClF3N4O6. The Morgan fingerprint density at radius 2 is 1.72 bits per heavy atom. The molecule has 0 unspecified atom stereocenters. The number of terminal acetylenes is 2. The van der Waals surface area contributed by atoms with Gasteiger partial charge in [0.25, 0.3) is 0 Å². The quantitative estimate of drug-likeness (QED) is 0.153. The summed E-state index contributed by atoms with van der Waals surface area (Å²) in [5.41, 5.74) is 3.52. The molecule has 0 atom stereocenters. The highest BCUT2D eigenvalue weighted by molar-refractivity contribution is 6.38. The van der Waals surface area contributed by atoms with Crippen LogP contribution >= 0.6 is 11.6 Å². The van der Waals surface area contributed by atoms with Crippen LogP contribution in [0.1, 0.15) is 33.6 Å². The zero-order chi connectivity index (χ0) is 34.0. The molecule has 4 aromatic rings. The monoisotopic (exact) mass is 664 g/mol. The lowest BCUT2D eigenvalue weighted by molar-refractivity contribution is 0.0444. The smallest absolute Gasteiger partial charge is 0.349 e. The van der Waals surface area contributed by atoms with E-state index >= 15 is 8.78 Å². The van der Waals surface area contributed by atoms with E-state index in [9.17, 15) is 23.9 Å². The predicted octanol–water partition coefficient (Wildman–Crippen LogP) is 4.26. The number of fused-ring (bicyclic) bond motifs is 1. The molecule has 0 spiro atoms. The first-order valence-electron chi connectivity index (χ1n) is 13.9. The molecule has 47 heavy (non-hydrogen) atoms. The Balaban J connectivity index is 1.51. The molecule has 0 bridgehead atoms. The van der Waals surface area contributed by atoms with Crippen molar-refractivity contribution in [1.82, 2.24) is 9.55 Å². The third kappa shape index (κ3) is 6.58. The van der Waals surface area contributed by atoms with Gasteiger partial charge in [-0.3, -0.25) is 9.36 Å². The number of pyridine rings is 2. The molecule has 0 radical (unpaired) electrons. The molecule has 0 saturated carbocycles. The van der Waals surface area contributed by atoms with Gasteiger partial charge in [-0.2, -0.15) is 0 Å². The van der Waals surface area contributed by atoms with Crippen molar-refractivity contribution in [2.75, 3.05) is 30.3 Å². The van der Waals surface area contributed by atoms with Crippen molar-refractivity contribution in [3.8, 4) is 36.3 Å². The minimum atomic E-state index is -1.24. The molecule has 2 aromatic heterocycles. The van der Waals surface area contributed by atoms with Gasteiger partial charge in [-0.1, -0.05) is 11.6 Å². The van der Waals surface area contributed by atoms with Crippen LogP contribution in [0.5, 0.6) is 5.75 Å². The third-order valence-electron chi connectivity index (χ3n) is 7.29. The van der Waals surface area contributed by atoms with Gasteiger partial charge < -0.3 is 25.2 Å². The maximum Gasteiger partial charge on any atom is 0.349 e. The number of anilines is 2. The number of rotatable bonds is 9. The Bertz CT molecular complexity index is 2030. The lowest BCUT2D eigenvalue weighted by Gasteiger charge is -2.38. The molecule has 0 amide bonds. The number of nitrogens with zero attached hydrogens (tertiary/aromatic N) is 3. The normalized spacial score (nSPS) is 12.8. The number of benzene rings is 2. The highest BCUT2D eigenvalue weighted by Gasteiger charge is 2.32. The fourth-order valence-corrected chi connectivity index (χ4v) is 5.31. The van der Waals surface area contributed by atoms with Crippen molar-refractivity contribution in [3.63, 3.8) is 0 Å². The average molecular weight is 665 g/mol. The van der Waals surface area contributed by atoms with Crippen molar-refractivity contribution in [2.45, 2.75) is 18.9 Å². The standard InChI is InChI=1S/C33H24ClF3N4O6/c1-3-5-17(6-4-2)16-46-32(44)18-7-9-20(10-8-18)47-33(45)22-15-41(31-25(37)12-24(36)30(38)39-31)27-21(29(22)43)11-23(35)28(26(27)34)40-13-19(42)14-40/h1-2,7-12,15,17,19,42H,5-6,13-14,16H2,(H2,38,39). The number of esters is 2. The second-order valence-electron chi connectivity index (χ2n) is 10.6. The Morgan fingerprint density at radius 3 is 2.34 bits per heavy atom. The second kappa shape index (κ2) is 13.5. The zero-order valence-corrected chi connectivity index (χ0v) is 25.1. The molecule has 1 fully saturated rings. The average Bonchev–Trinajstić information content (AvgIpc) is 3.01. The number of β-amino-alcohol motifs (C(OH)–C–C–N with tert-alkyl or cyclic N) is 1. The summed E-state index contributed by atoms with van der Waals surface area (Å²) < 4.78 is 56.0. The summed E-state index contributed by atoms with van der Waals surface area (Å²) in [6, 6.07) is 6.40. The lowest BCUT2D eigenvalue weighted by atomic mass is 10.0. The van der Waals surface area contributed by atoms with E-state index in [2.05, 4.69) is 16.8 Å². The van der Waals surface area contributed by atoms with Crippen molar-refractivity contribution in [3.05, 3.63) is 86.4 Å². The molecule has 1 aliphatic heterocycles. The van der Waals surface area contributed by atoms with E-state index in [1.54, 1.807) is 0 Å². The molecule has 3 heterocycles. The Morgan fingerprint density at radius 1 is 1.06 bits per heavy atom. The van der Waals surface area contributed by atoms with E-state index in [1.165, 1.54) is 29.2 Å². The predicted molar refractivity (Wildman–Crippen MR) is 167 cm³/mol. The SMILES string of the molecule is C#CCC(CC#C)COC(=O)c1ccc(OC(=O)c2cn(-c3nc(N)c(F)cc3F)c3c(Cl)c(N4CC(O)C4)c(F)cc3c2=O)cc1. The first kappa shape index (κ1) is 32.9. The molecule has 1 aliphatic rings. The van der Waals surface area contributed by atoms with Gasteiger partial charge in [-0.25, -0.2) is 27.7 Å². The van der Waals surface area contributed by atoms with Crippen molar-refractivity contribution in [2.24, 2.45) is 5.92 Å². The van der Waals surface area contributed by atoms with Gasteiger partial charge in [0.05, 0.1) is 39.9 Å². The summed E-state index contributed by atoms with van der Waals surface area (Å²) in [5, 5.41) is 8.91. The largest absolute Gasteiger partial charge is 0.462 e. The van der Waals surface area contributed by atoms with Crippen LogP contribution in [0, 0.1) is 48.1 Å². The van der Waals surface area contributed by atoms with E-state index in [-0.39, 0.29) is 53.2 Å². The number of aromatic nitrogens is 2. The zero-order valence-electron chi connectivity index (χ0n) is 24.3. The van der Waals surface area contributed by atoms with Crippen LogP contribution in [0.3, 0.4) is 0 Å². The number of aliphatic hydroxyl groups excluding tert-OH is 1. The molecular weight excluding hydrogens is 641 g/mol. The van der Waals surface area contributed by atoms with Gasteiger partial charge in [0.15, 0.2) is 23.3 Å². The van der Waals surface area contributed by atoms with Gasteiger partial charge in [-0.15, -0.1) is 24.7 Å². The lowest BCUT2D eigenvalue weighted by Crippen LogP contribution is -2.51. The van der Waals surface area contributed by atoms with Crippen molar-refractivity contribution in [1.29, 1.82) is 0 Å². The molecule has 14 heteroatoms. The van der Waals surface area contributed by atoms with E-state index in [1.807, 2.05) is 0 Å². The van der Waals surface area contributed by atoms with Crippen LogP contribution in [0.15, 0.2) is 47.4 Å². The third-order valence-corrected chi connectivity index (χ3v) is 7.64. The van der Waals surface area contributed by atoms with E-state index in [0.29, 0.717) is 18.9 Å². The van der Waals surface area contributed by atoms with Gasteiger partial charge in [0.1, 0.15) is 17.1 Å². The van der Waals surface area contributed by atoms with Crippen LogP contribution in [-0.4, -0.2) is 52.4 Å².